The van der Waals surface area contributed by atoms with Crippen molar-refractivity contribution in [2.24, 2.45) is 0 Å². The normalized spacial score (nSPS) is 11.0. The van der Waals surface area contributed by atoms with Crippen LogP contribution in [0.2, 0.25) is 0 Å². The number of methoxy groups -OCH3 is 1. The summed E-state index contributed by atoms with van der Waals surface area (Å²) >= 11 is 0. The number of rotatable bonds is 4. The van der Waals surface area contributed by atoms with E-state index in [1.807, 2.05) is 72.8 Å². The highest BCUT2D eigenvalue weighted by atomic mass is 16.5. The Labute approximate surface area is 172 Å². The number of carbonyl (C=O) groups is 1. The van der Waals surface area contributed by atoms with Gasteiger partial charge in [0.05, 0.1) is 34.9 Å². The molecule has 5 rings (SSSR count). The maximum absolute atomic E-state index is 13.2. The summed E-state index contributed by atoms with van der Waals surface area (Å²) < 4.78 is 5.33. The first-order chi connectivity index (χ1) is 14.7. The predicted molar refractivity (Wildman–Crippen MR) is 118 cm³/mol. The lowest BCUT2D eigenvalue weighted by atomic mass is 10.0. The quantitative estimate of drug-likeness (QED) is 0.448. The Kier molecular flexibility index (Phi) is 4.37. The van der Waals surface area contributed by atoms with Crippen LogP contribution < -0.4 is 10.1 Å². The average molecular weight is 394 g/mol. The number of ether oxygens (including phenoxy) is 1. The Balaban J connectivity index is 1.58. The van der Waals surface area contributed by atoms with Crippen molar-refractivity contribution >= 4 is 33.8 Å². The minimum absolute atomic E-state index is 0.253. The van der Waals surface area contributed by atoms with Crippen LogP contribution in [0.4, 0.5) is 5.95 Å². The van der Waals surface area contributed by atoms with Gasteiger partial charge in [0.15, 0.2) is 0 Å². The number of para-hydroxylation sites is 3. The molecule has 1 amide bonds. The van der Waals surface area contributed by atoms with Crippen molar-refractivity contribution in [2.75, 3.05) is 12.4 Å². The lowest BCUT2D eigenvalue weighted by molar-refractivity contribution is 0.102. The van der Waals surface area contributed by atoms with Gasteiger partial charge in [-0.15, -0.1) is 0 Å². The smallest absolute Gasteiger partial charge is 0.258 e. The summed E-state index contributed by atoms with van der Waals surface area (Å²) in [6.07, 6.45) is 0. The minimum Gasteiger partial charge on any atom is -0.497 e. The Morgan fingerprint density at radius 3 is 2.53 bits per heavy atom. The van der Waals surface area contributed by atoms with Gasteiger partial charge in [0.1, 0.15) is 5.75 Å². The molecule has 6 nitrogen and oxygen atoms in total. The predicted octanol–water partition coefficient (Wildman–Crippen LogP) is 5.04. The SMILES string of the molecule is COc1cccc(-c2cc(C(=O)Nc3nc4ccccc4[nH]3)c3ccccc3n2)c1. The number of aromatic nitrogens is 3. The number of hydrogen-bond donors (Lipinski definition) is 2. The highest BCUT2D eigenvalue weighted by Crippen LogP contribution is 2.27. The zero-order chi connectivity index (χ0) is 20.5. The molecule has 0 unspecified atom stereocenters. The first kappa shape index (κ1) is 17.9. The summed E-state index contributed by atoms with van der Waals surface area (Å²) in [6.45, 7) is 0. The van der Waals surface area contributed by atoms with Gasteiger partial charge < -0.3 is 9.72 Å². The number of nitrogens with zero attached hydrogens (tertiary/aromatic N) is 2. The molecule has 0 saturated carbocycles. The van der Waals surface area contributed by atoms with E-state index in [1.54, 1.807) is 13.2 Å². The van der Waals surface area contributed by atoms with Gasteiger partial charge in [-0.3, -0.25) is 10.1 Å². The molecule has 6 heteroatoms. The van der Waals surface area contributed by atoms with E-state index in [4.69, 9.17) is 9.72 Å². The zero-order valence-corrected chi connectivity index (χ0v) is 16.2. The Hall–Kier alpha value is -4.19. The molecule has 2 N–H and O–H groups in total. The molecule has 0 aliphatic rings. The van der Waals surface area contributed by atoms with Crippen molar-refractivity contribution in [3.8, 4) is 17.0 Å². The molecular weight excluding hydrogens is 376 g/mol. The van der Waals surface area contributed by atoms with Crippen molar-refractivity contribution in [2.45, 2.75) is 0 Å². The van der Waals surface area contributed by atoms with E-state index in [0.29, 0.717) is 17.2 Å². The zero-order valence-electron chi connectivity index (χ0n) is 16.2. The van der Waals surface area contributed by atoms with Gasteiger partial charge in [-0.2, -0.15) is 0 Å². The maximum atomic E-state index is 13.2. The van der Waals surface area contributed by atoms with Gasteiger partial charge in [-0.05, 0) is 36.4 Å². The second-order valence-corrected chi connectivity index (χ2v) is 6.86. The molecule has 30 heavy (non-hydrogen) atoms. The highest BCUT2D eigenvalue weighted by Gasteiger charge is 2.16. The number of amides is 1. The van der Waals surface area contributed by atoms with E-state index in [-0.39, 0.29) is 5.91 Å². The van der Waals surface area contributed by atoms with Crippen molar-refractivity contribution in [1.29, 1.82) is 0 Å². The van der Waals surface area contributed by atoms with E-state index < -0.39 is 0 Å². The van der Waals surface area contributed by atoms with Crippen molar-refractivity contribution in [3.05, 3.63) is 84.4 Å². The molecule has 2 heterocycles. The Morgan fingerprint density at radius 1 is 0.900 bits per heavy atom. The number of fused-ring (bicyclic) bond motifs is 2. The lowest BCUT2D eigenvalue weighted by Crippen LogP contribution is -2.14. The molecule has 2 aromatic heterocycles. The molecule has 5 aromatic rings. The monoisotopic (exact) mass is 394 g/mol. The Bertz CT molecular complexity index is 1360. The molecule has 0 atom stereocenters. The number of benzene rings is 3. The van der Waals surface area contributed by atoms with Crippen LogP contribution in [0.25, 0.3) is 33.2 Å². The van der Waals surface area contributed by atoms with Crippen LogP contribution in [-0.4, -0.2) is 28.0 Å². The lowest BCUT2D eigenvalue weighted by Gasteiger charge is -2.10. The van der Waals surface area contributed by atoms with Gasteiger partial charge >= 0.3 is 0 Å². The third kappa shape index (κ3) is 3.24. The van der Waals surface area contributed by atoms with Gasteiger partial charge in [-0.1, -0.05) is 42.5 Å². The maximum Gasteiger partial charge on any atom is 0.258 e. The van der Waals surface area contributed by atoms with Crippen LogP contribution in [0.3, 0.4) is 0 Å². The Morgan fingerprint density at radius 2 is 1.70 bits per heavy atom. The minimum atomic E-state index is -0.253. The number of anilines is 1. The fraction of sp³-hybridized carbons (Fsp3) is 0.0417. The average Bonchev–Trinajstić information content (AvgIpc) is 3.20. The van der Waals surface area contributed by atoms with Crippen LogP contribution in [0.1, 0.15) is 10.4 Å². The van der Waals surface area contributed by atoms with Crippen molar-refractivity contribution in [3.63, 3.8) is 0 Å². The van der Waals surface area contributed by atoms with E-state index in [9.17, 15) is 4.79 Å². The molecule has 0 aliphatic carbocycles. The number of hydrogen-bond acceptors (Lipinski definition) is 4. The van der Waals surface area contributed by atoms with E-state index >= 15 is 0 Å². The third-order valence-corrected chi connectivity index (χ3v) is 4.95. The summed E-state index contributed by atoms with van der Waals surface area (Å²) in [5.74, 6) is 0.887. The number of pyridine rings is 1. The number of carbonyl (C=O) groups excluding carboxylic acids is 1. The van der Waals surface area contributed by atoms with E-state index in [1.165, 1.54) is 0 Å². The highest BCUT2D eigenvalue weighted by molar-refractivity contribution is 6.12. The van der Waals surface area contributed by atoms with E-state index in [2.05, 4.69) is 15.3 Å². The van der Waals surface area contributed by atoms with Gasteiger partial charge in [0, 0.05) is 10.9 Å². The first-order valence-corrected chi connectivity index (χ1v) is 9.51. The van der Waals surface area contributed by atoms with Gasteiger partial charge in [0.25, 0.3) is 5.91 Å². The molecule has 0 bridgehead atoms. The second-order valence-electron chi connectivity index (χ2n) is 6.86. The largest absolute Gasteiger partial charge is 0.497 e. The summed E-state index contributed by atoms with van der Waals surface area (Å²) in [4.78, 5) is 25.5. The third-order valence-electron chi connectivity index (χ3n) is 4.95. The molecule has 0 saturated heterocycles. The standard InChI is InChI=1S/C24H18N4O2/c1-30-16-8-6-7-15(13-16)22-14-18(17-9-2-3-10-19(17)25-22)23(29)28-24-26-20-11-4-5-12-21(20)27-24/h2-14H,1H3,(H2,26,27,28,29). The molecule has 0 radical (unpaired) electrons. The summed E-state index contributed by atoms with van der Waals surface area (Å²) in [6, 6.07) is 24.7. The number of aromatic amines is 1. The fourth-order valence-corrected chi connectivity index (χ4v) is 3.48. The van der Waals surface area contributed by atoms with Crippen molar-refractivity contribution < 1.29 is 9.53 Å². The fourth-order valence-electron chi connectivity index (χ4n) is 3.48. The summed E-state index contributed by atoms with van der Waals surface area (Å²) in [5.41, 5.74) is 4.50. The van der Waals surface area contributed by atoms with Crippen LogP contribution in [0, 0.1) is 0 Å². The van der Waals surface area contributed by atoms with Crippen molar-refractivity contribution in [1.82, 2.24) is 15.0 Å². The van der Waals surface area contributed by atoms with Gasteiger partial charge in [0.2, 0.25) is 5.95 Å². The molecule has 0 spiro atoms. The molecule has 0 aliphatic heterocycles. The number of imidazole rings is 1. The van der Waals surface area contributed by atoms with Crippen LogP contribution in [0.5, 0.6) is 5.75 Å². The summed E-state index contributed by atoms with van der Waals surface area (Å²) in [7, 11) is 1.62. The topological polar surface area (TPSA) is 79.9 Å². The number of H-pyrrole nitrogens is 1. The van der Waals surface area contributed by atoms with E-state index in [0.717, 1.165) is 33.2 Å². The molecule has 0 fully saturated rings. The molecular formula is C24H18N4O2. The van der Waals surface area contributed by atoms with Crippen LogP contribution in [-0.2, 0) is 0 Å². The van der Waals surface area contributed by atoms with Gasteiger partial charge in [-0.25, -0.2) is 9.97 Å². The number of nitrogens with one attached hydrogen (secondary N) is 2. The second kappa shape index (κ2) is 7.33. The summed E-state index contributed by atoms with van der Waals surface area (Å²) in [5, 5.41) is 3.66. The van der Waals surface area contributed by atoms with Crippen LogP contribution >= 0.6 is 0 Å². The van der Waals surface area contributed by atoms with Crippen LogP contribution in [0.15, 0.2) is 78.9 Å². The molecule has 146 valence electrons. The first-order valence-electron chi connectivity index (χ1n) is 9.51. The molecule has 3 aromatic carbocycles.